The average Bonchev–Trinajstić information content (AvgIpc) is 2.76. The second-order valence-corrected chi connectivity index (χ2v) is 8.56. The lowest BCUT2D eigenvalue weighted by Crippen LogP contribution is -2.16. The minimum Gasteiger partial charge on any atom is -0.322 e. The zero-order valence-electron chi connectivity index (χ0n) is 13.8. The van der Waals surface area contributed by atoms with Crippen LogP contribution in [-0.2, 0) is 16.4 Å². The quantitative estimate of drug-likeness (QED) is 0.719. The zero-order chi connectivity index (χ0) is 18.9. The predicted molar refractivity (Wildman–Crippen MR) is 102 cm³/mol. The van der Waals surface area contributed by atoms with Gasteiger partial charge in [-0.1, -0.05) is 6.07 Å². The number of Topliss-reactive ketones (excluding diaryl/α,β-unsaturated/α-hetero) is 1. The van der Waals surface area contributed by atoms with Gasteiger partial charge < -0.3 is 5.32 Å². The van der Waals surface area contributed by atoms with Gasteiger partial charge in [-0.25, -0.2) is 13.6 Å². The monoisotopic (exact) mass is 436 g/mol. The fourth-order valence-corrected chi connectivity index (χ4v) is 3.89. The number of halogens is 1. The lowest BCUT2D eigenvalue weighted by atomic mass is 10.0. The lowest BCUT2D eigenvalue weighted by molar-refractivity contribution is 0.0979. The number of ketones is 1. The molecule has 0 atom stereocenters. The number of fused-ring (bicyclic) bond motifs is 1. The Balaban J connectivity index is 1.90. The third kappa shape index (κ3) is 4.03. The second-order valence-electron chi connectivity index (χ2n) is 6.14. The van der Waals surface area contributed by atoms with Crippen molar-refractivity contribution in [1.29, 1.82) is 0 Å². The number of carbonyl (C=O) groups excluding carboxylic acids is 2. The van der Waals surface area contributed by atoms with Crippen LogP contribution in [0.5, 0.6) is 0 Å². The van der Waals surface area contributed by atoms with Crippen molar-refractivity contribution >= 4 is 43.3 Å². The summed E-state index contributed by atoms with van der Waals surface area (Å²) in [4.78, 5) is 24.6. The molecule has 0 fully saturated rings. The van der Waals surface area contributed by atoms with Gasteiger partial charge in [0.25, 0.3) is 5.91 Å². The number of primary sulfonamides is 1. The first-order valence-electron chi connectivity index (χ1n) is 8.05. The molecule has 0 saturated carbocycles. The molecule has 1 aliphatic carbocycles. The van der Waals surface area contributed by atoms with E-state index in [1.165, 1.54) is 18.2 Å². The highest BCUT2D eigenvalue weighted by molar-refractivity contribution is 9.10. The molecule has 1 aliphatic rings. The van der Waals surface area contributed by atoms with Crippen LogP contribution in [0, 0.1) is 0 Å². The molecule has 3 N–H and O–H groups in total. The van der Waals surface area contributed by atoms with Gasteiger partial charge in [0.05, 0.1) is 10.5 Å². The van der Waals surface area contributed by atoms with Crippen LogP contribution in [0.2, 0.25) is 0 Å². The number of carbonyl (C=O) groups is 2. The van der Waals surface area contributed by atoms with Gasteiger partial charge in [0, 0.05) is 22.1 Å². The number of amides is 1. The van der Waals surface area contributed by atoms with Crippen molar-refractivity contribution in [1.82, 2.24) is 0 Å². The van der Waals surface area contributed by atoms with Crippen molar-refractivity contribution in [3.63, 3.8) is 0 Å². The zero-order valence-corrected chi connectivity index (χ0v) is 16.2. The third-order valence-electron chi connectivity index (χ3n) is 4.28. The number of benzene rings is 2. The second kappa shape index (κ2) is 7.30. The number of sulfonamides is 1. The maximum atomic E-state index is 12.6. The number of anilines is 1. The Morgan fingerprint density at radius 1 is 1.08 bits per heavy atom. The standard InChI is InChI=1S/C18H17BrN2O4S/c19-16-8-7-13(26(20,24)25)10-15(16)18(23)21-12-6-5-11-3-1-2-4-17(22)14(11)9-12/h5-10H,1-4H2,(H,21,23)(H2,20,24,25). The van der Waals surface area contributed by atoms with Gasteiger partial charge in [-0.15, -0.1) is 0 Å². The number of hydrogen-bond donors (Lipinski definition) is 2. The maximum Gasteiger partial charge on any atom is 0.256 e. The van der Waals surface area contributed by atoms with Crippen LogP contribution in [-0.4, -0.2) is 20.1 Å². The molecular formula is C18H17BrN2O4S. The summed E-state index contributed by atoms with van der Waals surface area (Å²) >= 11 is 3.24. The largest absolute Gasteiger partial charge is 0.322 e. The minimum absolute atomic E-state index is 0.0750. The first kappa shape index (κ1) is 18.8. The highest BCUT2D eigenvalue weighted by Crippen LogP contribution is 2.25. The molecule has 0 saturated heterocycles. The van der Waals surface area contributed by atoms with E-state index in [1.54, 1.807) is 12.1 Å². The van der Waals surface area contributed by atoms with Gasteiger partial charge in [-0.2, -0.15) is 0 Å². The highest BCUT2D eigenvalue weighted by Gasteiger charge is 2.18. The summed E-state index contributed by atoms with van der Waals surface area (Å²) in [6.07, 6.45) is 3.18. The van der Waals surface area contributed by atoms with Crippen LogP contribution in [0.25, 0.3) is 0 Å². The van der Waals surface area contributed by atoms with E-state index >= 15 is 0 Å². The molecule has 3 rings (SSSR count). The molecule has 0 heterocycles. The van der Waals surface area contributed by atoms with E-state index in [4.69, 9.17) is 5.14 Å². The van der Waals surface area contributed by atoms with Gasteiger partial charge >= 0.3 is 0 Å². The summed E-state index contributed by atoms with van der Waals surface area (Å²) in [6.45, 7) is 0. The Hall–Kier alpha value is -2.03. The summed E-state index contributed by atoms with van der Waals surface area (Å²) in [5, 5.41) is 7.83. The predicted octanol–water partition coefficient (Wildman–Crippen LogP) is 3.26. The number of nitrogens with two attached hydrogens (primary N) is 1. The molecule has 8 heteroatoms. The smallest absolute Gasteiger partial charge is 0.256 e. The van der Waals surface area contributed by atoms with Crippen molar-refractivity contribution in [2.45, 2.75) is 30.6 Å². The average molecular weight is 437 g/mol. The topological polar surface area (TPSA) is 106 Å². The minimum atomic E-state index is -3.92. The fraction of sp³-hybridized carbons (Fsp3) is 0.222. The normalized spacial score (nSPS) is 14.5. The third-order valence-corrected chi connectivity index (χ3v) is 5.88. The molecule has 2 aromatic carbocycles. The molecule has 26 heavy (non-hydrogen) atoms. The molecule has 136 valence electrons. The van der Waals surface area contributed by atoms with Gasteiger partial charge in [0.15, 0.2) is 5.78 Å². The molecule has 0 unspecified atom stereocenters. The van der Waals surface area contributed by atoms with Crippen molar-refractivity contribution in [2.24, 2.45) is 5.14 Å². The first-order valence-corrected chi connectivity index (χ1v) is 10.4. The fourth-order valence-electron chi connectivity index (χ4n) is 2.92. The summed E-state index contributed by atoms with van der Waals surface area (Å²) < 4.78 is 23.4. The number of nitrogens with one attached hydrogen (secondary N) is 1. The van der Waals surface area contributed by atoms with E-state index in [9.17, 15) is 18.0 Å². The molecule has 0 radical (unpaired) electrons. The molecular weight excluding hydrogens is 420 g/mol. The van der Waals surface area contributed by atoms with Gasteiger partial charge in [0.1, 0.15) is 0 Å². The van der Waals surface area contributed by atoms with E-state index in [0.29, 0.717) is 22.1 Å². The van der Waals surface area contributed by atoms with Crippen molar-refractivity contribution in [3.8, 4) is 0 Å². The van der Waals surface area contributed by atoms with Crippen LogP contribution >= 0.6 is 15.9 Å². The molecule has 0 spiro atoms. The SMILES string of the molecule is NS(=O)(=O)c1ccc(Br)c(C(=O)Nc2ccc3c(c2)C(=O)CCCC3)c1. The van der Waals surface area contributed by atoms with Crippen LogP contribution in [0.3, 0.4) is 0 Å². The van der Waals surface area contributed by atoms with Crippen molar-refractivity contribution in [3.05, 3.63) is 57.6 Å². The van der Waals surface area contributed by atoms with E-state index in [1.807, 2.05) is 6.07 Å². The summed E-state index contributed by atoms with van der Waals surface area (Å²) in [7, 11) is -3.92. The molecule has 2 aromatic rings. The number of rotatable bonds is 3. The van der Waals surface area contributed by atoms with Crippen LogP contribution in [0.4, 0.5) is 5.69 Å². The van der Waals surface area contributed by atoms with E-state index in [2.05, 4.69) is 21.2 Å². The Labute approximate surface area is 160 Å². The van der Waals surface area contributed by atoms with Crippen LogP contribution < -0.4 is 10.5 Å². The Morgan fingerprint density at radius 2 is 1.81 bits per heavy atom. The summed E-state index contributed by atoms with van der Waals surface area (Å²) in [5.74, 6) is -0.422. The molecule has 0 aliphatic heterocycles. The lowest BCUT2D eigenvalue weighted by Gasteiger charge is -2.11. The van der Waals surface area contributed by atoms with Gasteiger partial charge in [0.2, 0.25) is 10.0 Å². The Morgan fingerprint density at radius 3 is 2.54 bits per heavy atom. The van der Waals surface area contributed by atoms with Crippen LogP contribution in [0.15, 0.2) is 45.8 Å². The molecule has 1 amide bonds. The van der Waals surface area contributed by atoms with Crippen molar-refractivity contribution < 1.29 is 18.0 Å². The first-order chi connectivity index (χ1) is 12.3. The highest BCUT2D eigenvalue weighted by atomic mass is 79.9. The van der Waals surface area contributed by atoms with E-state index < -0.39 is 15.9 Å². The van der Waals surface area contributed by atoms with Gasteiger partial charge in [-0.05, 0) is 71.1 Å². The van der Waals surface area contributed by atoms with Gasteiger partial charge in [-0.3, -0.25) is 9.59 Å². The maximum absolute atomic E-state index is 12.6. The molecule has 0 bridgehead atoms. The number of aryl methyl sites for hydroxylation is 1. The molecule has 6 nitrogen and oxygen atoms in total. The number of hydrogen-bond acceptors (Lipinski definition) is 4. The summed E-state index contributed by atoms with van der Waals surface area (Å²) in [5.41, 5.74) is 2.25. The van der Waals surface area contributed by atoms with Crippen molar-refractivity contribution in [2.75, 3.05) is 5.32 Å². The van der Waals surface area contributed by atoms with Crippen LogP contribution in [0.1, 0.15) is 45.5 Å². The Bertz CT molecular complexity index is 1000. The van der Waals surface area contributed by atoms with E-state index in [0.717, 1.165) is 24.8 Å². The Kier molecular flexibility index (Phi) is 5.27. The summed E-state index contributed by atoms with van der Waals surface area (Å²) in [6, 6.07) is 9.25. The van der Waals surface area contributed by atoms with E-state index in [-0.39, 0.29) is 16.2 Å². The molecule has 0 aromatic heterocycles.